The molecule has 0 aliphatic heterocycles. The molecule has 0 unspecified atom stereocenters. The number of benzene rings is 1. The normalized spacial score (nSPS) is 21.1. The van der Waals surface area contributed by atoms with Crippen molar-refractivity contribution in [1.82, 2.24) is 0 Å². The monoisotopic (exact) mass is 320 g/mol. The largest absolute Gasteiger partial charge is 0.0730 e. The molecule has 2 rings (SSSR count). The average Bonchev–Trinajstić information content (AvgIpc) is 2.64. The van der Waals surface area contributed by atoms with Crippen molar-refractivity contribution in [2.45, 2.75) is 65.2 Å². The highest BCUT2D eigenvalue weighted by Crippen LogP contribution is 2.32. The van der Waals surface area contributed by atoms with Crippen LogP contribution in [-0.4, -0.2) is 0 Å². The van der Waals surface area contributed by atoms with Crippen LogP contribution in [0.3, 0.4) is 0 Å². The molecule has 1 aromatic carbocycles. The van der Waals surface area contributed by atoms with Crippen LogP contribution >= 0.6 is 0 Å². The number of hydrogen-bond acceptors (Lipinski definition) is 0. The van der Waals surface area contributed by atoms with Gasteiger partial charge in [-0.25, -0.2) is 0 Å². The van der Waals surface area contributed by atoms with Gasteiger partial charge in [0.25, 0.3) is 0 Å². The molecule has 0 atom stereocenters. The summed E-state index contributed by atoms with van der Waals surface area (Å²) in [6.07, 6.45) is 19.2. The van der Waals surface area contributed by atoms with E-state index in [4.69, 9.17) is 0 Å². The minimum atomic E-state index is 0.753. The van der Waals surface area contributed by atoms with Crippen LogP contribution in [0.15, 0.2) is 42.5 Å². The third-order valence-electron chi connectivity index (χ3n) is 5.14. The lowest BCUT2D eigenvalue weighted by Gasteiger charge is -2.26. The van der Waals surface area contributed by atoms with E-state index in [1.807, 2.05) is 6.08 Å². The van der Waals surface area contributed by atoms with E-state index < -0.39 is 0 Å². The van der Waals surface area contributed by atoms with E-state index in [0.29, 0.717) is 0 Å². The van der Waals surface area contributed by atoms with Gasteiger partial charge >= 0.3 is 0 Å². The molecular formula is C24H32. The lowest BCUT2D eigenvalue weighted by molar-refractivity contribution is 0.291. The van der Waals surface area contributed by atoms with Crippen molar-refractivity contribution in [2.24, 2.45) is 11.8 Å². The number of hydrogen-bond donors (Lipinski definition) is 0. The first-order chi connectivity index (χ1) is 11.8. The molecule has 0 N–H and O–H groups in total. The lowest BCUT2D eigenvalue weighted by Crippen LogP contribution is -2.12. The standard InChI is InChI=1S/C24H32/c1-3-5-10-22-17-19-24(20-18-22)12-9-7-6-8-11-23-15-13-21(4-2)14-16-23/h8-9,11-16,22,24H,3-5,10,17-20H2,1-2H3. The second-order valence-corrected chi connectivity index (χ2v) is 7.00. The van der Waals surface area contributed by atoms with Crippen molar-refractivity contribution in [3.05, 3.63) is 53.6 Å². The van der Waals surface area contributed by atoms with E-state index in [9.17, 15) is 0 Å². The van der Waals surface area contributed by atoms with Crippen molar-refractivity contribution < 1.29 is 0 Å². The molecule has 0 heteroatoms. The van der Waals surface area contributed by atoms with E-state index in [0.717, 1.165) is 18.3 Å². The minimum absolute atomic E-state index is 0.753. The van der Waals surface area contributed by atoms with Gasteiger partial charge in [0.15, 0.2) is 0 Å². The van der Waals surface area contributed by atoms with Crippen LogP contribution in [0.1, 0.15) is 69.9 Å². The second-order valence-electron chi connectivity index (χ2n) is 7.00. The van der Waals surface area contributed by atoms with Crippen LogP contribution < -0.4 is 0 Å². The Bertz CT molecular complexity index is 569. The first-order valence-corrected chi connectivity index (χ1v) is 9.75. The van der Waals surface area contributed by atoms with Crippen LogP contribution in [0.5, 0.6) is 0 Å². The predicted octanol–water partition coefficient (Wildman–Crippen LogP) is 6.82. The Balaban J connectivity index is 1.70. The smallest absolute Gasteiger partial charge is 0.0109 e. The van der Waals surface area contributed by atoms with Crippen molar-refractivity contribution in [1.29, 1.82) is 0 Å². The third kappa shape index (κ3) is 6.79. The average molecular weight is 321 g/mol. The molecule has 24 heavy (non-hydrogen) atoms. The van der Waals surface area contributed by atoms with Crippen LogP contribution in [0.4, 0.5) is 0 Å². The number of aryl methyl sites for hydroxylation is 1. The highest BCUT2D eigenvalue weighted by atomic mass is 14.2. The maximum Gasteiger partial charge on any atom is -0.0109 e. The van der Waals surface area contributed by atoms with Gasteiger partial charge < -0.3 is 0 Å². The van der Waals surface area contributed by atoms with Gasteiger partial charge in [-0.15, -0.1) is 0 Å². The highest BCUT2D eigenvalue weighted by Gasteiger charge is 2.18. The fraction of sp³-hybridized carbons (Fsp3) is 0.500. The second kappa shape index (κ2) is 10.9. The third-order valence-corrected chi connectivity index (χ3v) is 5.14. The summed E-state index contributed by atoms with van der Waals surface area (Å²) in [5, 5.41) is 0. The van der Waals surface area contributed by atoms with Gasteiger partial charge in [0, 0.05) is 0 Å². The summed E-state index contributed by atoms with van der Waals surface area (Å²) in [6.45, 7) is 4.47. The topological polar surface area (TPSA) is 0 Å². The number of allylic oxidation sites excluding steroid dienone is 3. The summed E-state index contributed by atoms with van der Waals surface area (Å²) in [5.74, 6) is 8.02. The zero-order valence-electron chi connectivity index (χ0n) is 15.4. The maximum absolute atomic E-state index is 3.15. The van der Waals surface area contributed by atoms with Gasteiger partial charge in [-0.1, -0.05) is 75.3 Å². The molecule has 0 aromatic heterocycles. The Morgan fingerprint density at radius 2 is 1.67 bits per heavy atom. The van der Waals surface area contributed by atoms with Crippen molar-refractivity contribution >= 4 is 6.08 Å². The molecule has 1 aliphatic rings. The summed E-state index contributed by atoms with van der Waals surface area (Å²) in [7, 11) is 0. The molecule has 0 heterocycles. The Kier molecular flexibility index (Phi) is 8.47. The highest BCUT2D eigenvalue weighted by molar-refractivity contribution is 5.53. The molecule has 128 valence electrons. The zero-order chi connectivity index (χ0) is 17.0. The molecule has 0 saturated heterocycles. The van der Waals surface area contributed by atoms with Gasteiger partial charge in [0.2, 0.25) is 0 Å². The van der Waals surface area contributed by atoms with Gasteiger partial charge in [0.1, 0.15) is 0 Å². The Morgan fingerprint density at radius 3 is 2.33 bits per heavy atom. The van der Waals surface area contributed by atoms with E-state index in [1.165, 1.54) is 56.1 Å². The van der Waals surface area contributed by atoms with Crippen molar-refractivity contribution in [2.75, 3.05) is 0 Å². The SMILES string of the molecule is CCCCC1CCC(C=CC#CC=Cc2ccc(CC)cc2)CC1. The zero-order valence-corrected chi connectivity index (χ0v) is 15.4. The molecule has 1 aliphatic carbocycles. The quantitative estimate of drug-likeness (QED) is 0.504. The van der Waals surface area contributed by atoms with Gasteiger partial charge in [-0.3, -0.25) is 0 Å². The van der Waals surface area contributed by atoms with Crippen molar-refractivity contribution in [3.63, 3.8) is 0 Å². The van der Waals surface area contributed by atoms with E-state index in [1.54, 1.807) is 0 Å². The molecule has 0 radical (unpaired) electrons. The summed E-state index contributed by atoms with van der Waals surface area (Å²) >= 11 is 0. The number of rotatable bonds is 6. The summed E-state index contributed by atoms with van der Waals surface area (Å²) < 4.78 is 0. The number of unbranched alkanes of at least 4 members (excludes halogenated alkanes) is 1. The van der Waals surface area contributed by atoms with E-state index in [-0.39, 0.29) is 0 Å². The summed E-state index contributed by atoms with van der Waals surface area (Å²) in [4.78, 5) is 0. The van der Waals surface area contributed by atoms with E-state index in [2.05, 4.69) is 68.2 Å². The van der Waals surface area contributed by atoms with Gasteiger partial charge in [-0.2, -0.15) is 0 Å². The predicted molar refractivity (Wildman–Crippen MR) is 107 cm³/mol. The van der Waals surface area contributed by atoms with Crippen LogP contribution in [0.25, 0.3) is 6.08 Å². The van der Waals surface area contributed by atoms with Crippen LogP contribution in [0.2, 0.25) is 0 Å². The Morgan fingerprint density at radius 1 is 0.958 bits per heavy atom. The van der Waals surface area contributed by atoms with E-state index >= 15 is 0 Å². The first-order valence-electron chi connectivity index (χ1n) is 9.75. The lowest BCUT2D eigenvalue weighted by atomic mass is 9.80. The first kappa shape index (κ1) is 18.6. The molecule has 1 saturated carbocycles. The minimum Gasteiger partial charge on any atom is -0.0730 e. The molecule has 0 spiro atoms. The van der Waals surface area contributed by atoms with Gasteiger partial charge in [-0.05, 0) is 73.3 Å². The molecule has 1 fully saturated rings. The van der Waals surface area contributed by atoms with Crippen LogP contribution in [-0.2, 0) is 6.42 Å². The Hall–Kier alpha value is -1.74. The molecule has 1 aromatic rings. The molecular weight excluding hydrogens is 288 g/mol. The van der Waals surface area contributed by atoms with Crippen molar-refractivity contribution in [3.8, 4) is 11.8 Å². The molecule has 0 nitrogen and oxygen atoms in total. The van der Waals surface area contributed by atoms with Gasteiger partial charge in [0.05, 0.1) is 0 Å². The Labute approximate surface area is 149 Å². The van der Waals surface area contributed by atoms with Crippen LogP contribution in [0, 0.1) is 23.7 Å². The molecule has 0 bridgehead atoms. The summed E-state index contributed by atoms with van der Waals surface area (Å²) in [5.41, 5.74) is 2.60. The molecule has 0 amide bonds. The maximum atomic E-state index is 3.15. The fourth-order valence-electron chi connectivity index (χ4n) is 3.44. The fourth-order valence-corrected chi connectivity index (χ4v) is 3.44. The summed E-state index contributed by atoms with van der Waals surface area (Å²) in [6, 6.07) is 8.68.